The summed E-state index contributed by atoms with van der Waals surface area (Å²) in [6.45, 7) is 7.01. The van der Waals surface area contributed by atoms with Gasteiger partial charge in [-0.1, -0.05) is 6.92 Å². The number of likely N-dealkylation sites (tertiary alicyclic amines) is 1. The van der Waals surface area contributed by atoms with Crippen LogP contribution in [0.5, 0.6) is 0 Å². The highest BCUT2D eigenvalue weighted by Gasteiger charge is 2.36. The van der Waals surface area contributed by atoms with Crippen molar-refractivity contribution in [1.82, 2.24) is 15.1 Å². The van der Waals surface area contributed by atoms with Gasteiger partial charge in [-0.3, -0.25) is 9.69 Å². The minimum absolute atomic E-state index is 0.356. The van der Waals surface area contributed by atoms with Crippen LogP contribution in [0.3, 0.4) is 0 Å². The number of piperidine rings is 2. The monoisotopic (exact) mass is 293 g/mol. The lowest BCUT2D eigenvalue weighted by atomic mass is 9.98. The van der Waals surface area contributed by atoms with E-state index in [9.17, 15) is 4.79 Å². The van der Waals surface area contributed by atoms with E-state index in [0.29, 0.717) is 36.6 Å². The number of amides is 1. The second kappa shape index (κ2) is 6.66. The van der Waals surface area contributed by atoms with E-state index in [2.05, 4.69) is 29.0 Å². The van der Waals surface area contributed by atoms with Crippen LogP contribution in [-0.2, 0) is 4.79 Å². The molecular formula is C17H31N3O. The van der Waals surface area contributed by atoms with E-state index >= 15 is 0 Å². The quantitative estimate of drug-likeness (QED) is 0.861. The molecule has 1 N–H and O–H groups in total. The molecule has 3 heterocycles. The minimum Gasteiger partial charge on any atom is -0.339 e. The topological polar surface area (TPSA) is 35.6 Å². The second-order valence-corrected chi connectivity index (χ2v) is 7.26. The van der Waals surface area contributed by atoms with Crippen LogP contribution < -0.4 is 5.32 Å². The summed E-state index contributed by atoms with van der Waals surface area (Å²) in [5.74, 6) is 0.356. The number of carbonyl (C=O) groups is 1. The molecule has 120 valence electrons. The molecule has 0 saturated carbocycles. The van der Waals surface area contributed by atoms with Crippen LogP contribution in [-0.4, -0.2) is 59.5 Å². The Kier molecular flexibility index (Phi) is 4.85. The van der Waals surface area contributed by atoms with Gasteiger partial charge in [-0.2, -0.15) is 0 Å². The molecule has 3 unspecified atom stereocenters. The van der Waals surface area contributed by atoms with E-state index in [-0.39, 0.29) is 0 Å². The lowest BCUT2D eigenvalue weighted by molar-refractivity contribution is -0.136. The molecule has 1 amide bonds. The molecule has 3 fully saturated rings. The van der Waals surface area contributed by atoms with Gasteiger partial charge in [-0.25, -0.2) is 0 Å². The number of rotatable bonds is 4. The molecule has 3 saturated heterocycles. The van der Waals surface area contributed by atoms with Crippen LogP contribution in [0.25, 0.3) is 0 Å². The first-order valence-corrected chi connectivity index (χ1v) is 8.97. The van der Waals surface area contributed by atoms with Gasteiger partial charge in [0.05, 0.1) is 6.54 Å². The van der Waals surface area contributed by atoms with Crippen LogP contribution >= 0.6 is 0 Å². The molecule has 4 nitrogen and oxygen atoms in total. The van der Waals surface area contributed by atoms with Gasteiger partial charge in [0.1, 0.15) is 0 Å². The van der Waals surface area contributed by atoms with Crippen LogP contribution in [0.15, 0.2) is 0 Å². The van der Waals surface area contributed by atoms with Crippen molar-refractivity contribution >= 4 is 5.91 Å². The summed E-state index contributed by atoms with van der Waals surface area (Å²) in [5, 5.41) is 3.70. The number of hydrogen-bond acceptors (Lipinski definition) is 3. The van der Waals surface area contributed by atoms with E-state index in [4.69, 9.17) is 0 Å². The van der Waals surface area contributed by atoms with Gasteiger partial charge >= 0.3 is 0 Å². The maximum Gasteiger partial charge on any atom is 0.236 e. The maximum atomic E-state index is 12.7. The van der Waals surface area contributed by atoms with Crippen molar-refractivity contribution in [3.05, 3.63) is 0 Å². The normalized spacial score (nSPS) is 36.2. The summed E-state index contributed by atoms with van der Waals surface area (Å²) in [6.07, 6.45) is 8.75. The number of hydrogen-bond donors (Lipinski definition) is 1. The van der Waals surface area contributed by atoms with Crippen LogP contribution in [0.4, 0.5) is 0 Å². The fourth-order valence-corrected chi connectivity index (χ4v) is 4.56. The van der Waals surface area contributed by atoms with Crippen LogP contribution in [0, 0.1) is 0 Å². The fourth-order valence-electron chi connectivity index (χ4n) is 4.56. The third-order valence-electron chi connectivity index (χ3n) is 5.83. The Morgan fingerprint density at radius 3 is 2.52 bits per heavy atom. The van der Waals surface area contributed by atoms with E-state index < -0.39 is 0 Å². The zero-order valence-electron chi connectivity index (χ0n) is 13.7. The lowest BCUT2D eigenvalue weighted by Crippen LogP contribution is -2.52. The number of likely N-dealkylation sites (N-methyl/N-ethyl adjacent to an activating group) is 1. The Morgan fingerprint density at radius 1 is 1.19 bits per heavy atom. The summed E-state index contributed by atoms with van der Waals surface area (Å²) >= 11 is 0. The Morgan fingerprint density at radius 2 is 1.90 bits per heavy atom. The Balaban J connectivity index is 1.57. The van der Waals surface area contributed by atoms with E-state index in [1.165, 1.54) is 44.9 Å². The zero-order chi connectivity index (χ0) is 14.8. The van der Waals surface area contributed by atoms with Gasteiger partial charge in [0.15, 0.2) is 0 Å². The number of nitrogens with zero attached hydrogens (tertiary/aromatic N) is 2. The highest BCUT2D eigenvalue weighted by atomic mass is 16.2. The van der Waals surface area contributed by atoms with Gasteiger partial charge in [0.25, 0.3) is 0 Å². The molecule has 2 bridgehead atoms. The first-order valence-electron chi connectivity index (χ1n) is 8.97. The molecule has 0 aromatic heterocycles. The largest absolute Gasteiger partial charge is 0.339 e. The minimum atomic E-state index is 0.356. The molecular weight excluding hydrogens is 262 g/mol. The third kappa shape index (κ3) is 3.42. The molecule has 0 aromatic carbocycles. The molecule has 0 aromatic rings. The predicted molar refractivity (Wildman–Crippen MR) is 85.2 cm³/mol. The van der Waals surface area contributed by atoms with Crippen molar-refractivity contribution in [1.29, 1.82) is 0 Å². The number of carbonyl (C=O) groups excluding carboxylic acids is 1. The van der Waals surface area contributed by atoms with Gasteiger partial charge in [0, 0.05) is 30.7 Å². The van der Waals surface area contributed by atoms with Gasteiger partial charge in [-0.05, 0) is 58.4 Å². The molecule has 4 heteroatoms. The van der Waals surface area contributed by atoms with Gasteiger partial charge in [0.2, 0.25) is 5.91 Å². The van der Waals surface area contributed by atoms with Crippen molar-refractivity contribution in [2.75, 3.05) is 19.6 Å². The highest BCUT2D eigenvalue weighted by molar-refractivity contribution is 5.78. The molecule has 21 heavy (non-hydrogen) atoms. The second-order valence-electron chi connectivity index (χ2n) is 7.26. The molecule has 3 aliphatic rings. The molecule has 3 rings (SSSR count). The lowest BCUT2D eigenvalue weighted by Gasteiger charge is -2.39. The maximum absolute atomic E-state index is 12.7. The van der Waals surface area contributed by atoms with Crippen molar-refractivity contribution in [2.24, 2.45) is 0 Å². The fraction of sp³-hybridized carbons (Fsp3) is 0.941. The predicted octanol–water partition coefficient (Wildman–Crippen LogP) is 1.99. The Bertz CT molecular complexity index is 361. The summed E-state index contributed by atoms with van der Waals surface area (Å²) in [6, 6.07) is 2.45. The van der Waals surface area contributed by atoms with E-state index in [1.54, 1.807) is 0 Å². The van der Waals surface area contributed by atoms with Gasteiger partial charge < -0.3 is 10.2 Å². The van der Waals surface area contributed by atoms with Crippen molar-refractivity contribution in [3.63, 3.8) is 0 Å². The average Bonchev–Trinajstić information content (AvgIpc) is 2.83. The molecule has 0 spiro atoms. The third-order valence-corrected chi connectivity index (χ3v) is 5.83. The van der Waals surface area contributed by atoms with Crippen molar-refractivity contribution in [3.8, 4) is 0 Å². The first-order chi connectivity index (χ1) is 10.2. The average molecular weight is 293 g/mol. The molecule has 0 radical (unpaired) electrons. The highest BCUT2D eigenvalue weighted by Crippen LogP contribution is 2.29. The van der Waals surface area contributed by atoms with Crippen molar-refractivity contribution < 1.29 is 4.79 Å². The van der Waals surface area contributed by atoms with Crippen LogP contribution in [0.2, 0.25) is 0 Å². The summed E-state index contributed by atoms with van der Waals surface area (Å²) in [4.78, 5) is 17.2. The summed E-state index contributed by atoms with van der Waals surface area (Å²) in [5.41, 5.74) is 0. The standard InChI is InChI=1S/C17H31N3O/c1-3-19(16-10-14-7-8-15(11-16)18-14)12-17(21)20-9-5-4-6-13(20)2/h13-16,18H,3-12H2,1-2H3. The SMILES string of the molecule is CCN(CC(=O)N1CCCCC1C)C1CC2CCC(C1)N2. The van der Waals surface area contributed by atoms with Crippen LogP contribution in [0.1, 0.15) is 58.8 Å². The smallest absolute Gasteiger partial charge is 0.236 e. The molecule has 0 aliphatic carbocycles. The van der Waals surface area contributed by atoms with E-state index in [1.807, 2.05) is 0 Å². The van der Waals surface area contributed by atoms with Gasteiger partial charge in [-0.15, -0.1) is 0 Å². The summed E-state index contributed by atoms with van der Waals surface area (Å²) in [7, 11) is 0. The molecule has 3 atom stereocenters. The molecule has 3 aliphatic heterocycles. The number of nitrogens with one attached hydrogen (secondary N) is 1. The summed E-state index contributed by atoms with van der Waals surface area (Å²) < 4.78 is 0. The zero-order valence-corrected chi connectivity index (χ0v) is 13.7. The first kappa shape index (κ1) is 15.3. The Hall–Kier alpha value is -0.610. The Labute approximate surface area is 129 Å². The van der Waals surface area contributed by atoms with Crippen molar-refractivity contribution in [2.45, 2.75) is 83.0 Å². The number of fused-ring (bicyclic) bond motifs is 2. The van der Waals surface area contributed by atoms with E-state index in [0.717, 1.165) is 13.1 Å².